The van der Waals surface area contributed by atoms with Crippen molar-refractivity contribution >= 4 is 23.8 Å². The molecule has 0 bridgehead atoms. The summed E-state index contributed by atoms with van der Waals surface area (Å²) in [5.41, 5.74) is 0. The Morgan fingerprint density at radius 2 is 1.67 bits per heavy atom. The van der Waals surface area contributed by atoms with E-state index in [2.05, 4.69) is 14.9 Å². The minimum absolute atomic E-state index is 0.120. The first-order valence-corrected chi connectivity index (χ1v) is 9.11. The van der Waals surface area contributed by atoms with Crippen LogP contribution in [0.25, 0.3) is 0 Å². The zero-order valence-corrected chi connectivity index (χ0v) is 15.4. The van der Waals surface area contributed by atoms with Crippen molar-refractivity contribution in [1.29, 1.82) is 0 Å². The van der Waals surface area contributed by atoms with E-state index in [9.17, 15) is 14.4 Å². The van der Waals surface area contributed by atoms with Gasteiger partial charge in [0.05, 0.1) is 6.67 Å². The van der Waals surface area contributed by atoms with Crippen molar-refractivity contribution < 1.29 is 19.1 Å². The maximum atomic E-state index is 12.5. The van der Waals surface area contributed by atoms with Gasteiger partial charge in [-0.2, -0.15) is 0 Å². The highest BCUT2D eigenvalue weighted by Crippen LogP contribution is 2.15. The molecule has 2 aliphatic heterocycles. The minimum atomic E-state index is -0.759. The van der Waals surface area contributed by atoms with Crippen LogP contribution in [-0.2, 0) is 14.3 Å². The number of anilines is 1. The highest BCUT2D eigenvalue weighted by atomic mass is 16.5. The molecule has 1 aromatic heterocycles. The standard InChI is InChI=1S/C17H24N6O4/c1-2-27-12-4-7-22-14(24)15(25)23(17(22)26)13-20-8-10-21(11-9-20)16-18-5-3-6-19-16/h3,5-6H,2,4,7-13H2,1H3. The van der Waals surface area contributed by atoms with E-state index in [4.69, 9.17) is 4.74 Å². The molecule has 3 rings (SSSR count). The number of nitrogens with zero attached hydrogens (tertiary/aromatic N) is 6. The summed E-state index contributed by atoms with van der Waals surface area (Å²) in [7, 11) is 0. The smallest absolute Gasteiger partial charge is 0.335 e. The lowest BCUT2D eigenvalue weighted by Crippen LogP contribution is -2.51. The monoisotopic (exact) mass is 376 g/mol. The molecule has 3 heterocycles. The Kier molecular flexibility index (Phi) is 6.30. The van der Waals surface area contributed by atoms with E-state index in [-0.39, 0.29) is 13.2 Å². The maximum Gasteiger partial charge on any atom is 0.335 e. The van der Waals surface area contributed by atoms with Crippen LogP contribution in [-0.4, -0.2) is 95.1 Å². The van der Waals surface area contributed by atoms with Gasteiger partial charge in [-0.05, 0) is 19.4 Å². The molecule has 27 heavy (non-hydrogen) atoms. The summed E-state index contributed by atoms with van der Waals surface area (Å²) in [6.45, 7) is 5.88. The van der Waals surface area contributed by atoms with Crippen LogP contribution in [0, 0.1) is 0 Å². The van der Waals surface area contributed by atoms with E-state index >= 15 is 0 Å². The van der Waals surface area contributed by atoms with Crippen molar-refractivity contribution in [2.45, 2.75) is 13.3 Å². The molecule has 0 aromatic carbocycles. The summed E-state index contributed by atoms with van der Waals surface area (Å²) in [6, 6.07) is 1.22. The number of rotatable bonds is 8. The fourth-order valence-corrected chi connectivity index (χ4v) is 3.09. The van der Waals surface area contributed by atoms with Gasteiger partial charge in [-0.25, -0.2) is 19.7 Å². The first-order chi connectivity index (χ1) is 13.1. The molecule has 0 atom stereocenters. The largest absolute Gasteiger partial charge is 0.382 e. The van der Waals surface area contributed by atoms with Crippen molar-refractivity contribution in [2.75, 3.05) is 57.5 Å². The highest BCUT2D eigenvalue weighted by molar-refractivity contribution is 6.44. The first-order valence-electron chi connectivity index (χ1n) is 9.11. The molecule has 0 unspecified atom stereocenters. The SMILES string of the molecule is CCOCCCN1C(=O)C(=O)N(CN2CCN(c3ncccn3)CC2)C1=O. The Hall–Kier alpha value is -2.59. The van der Waals surface area contributed by atoms with Gasteiger partial charge in [-0.15, -0.1) is 0 Å². The van der Waals surface area contributed by atoms with E-state index in [1.165, 1.54) is 0 Å². The molecule has 10 heteroatoms. The number of aromatic nitrogens is 2. The van der Waals surface area contributed by atoms with Gasteiger partial charge in [0.15, 0.2) is 0 Å². The van der Waals surface area contributed by atoms with Gasteiger partial charge in [0.1, 0.15) is 0 Å². The Morgan fingerprint density at radius 1 is 1.00 bits per heavy atom. The van der Waals surface area contributed by atoms with Gasteiger partial charge in [0.2, 0.25) is 5.95 Å². The molecule has 4 amide bonds. The molecular weight excluding hydrogens is 352 g/mol. The van der Waals surface area contributed by atoms with Gasteiger partial charge in [-0.1, -0.05) is 0 Å². The predicted octanol–water partition coefficient (Wildman–Crippen LogP) is -0.226. The Morgan fingerprint density at radius 3 is 2.33 bits per heavy atom. The second kappa shape index (κ2) is 8.87. The number of carbonyl (C=O) groups excluding carboxylic acids is 3. The van der Waals surface area contributed by atoms with E-state index in [0.717, 1.165) is 9.80 Å². The molecule has 2 fully saturated rings. The molecule has 0 saturated carbocycles. The quantitative estimate of drug-likeness (QED) is 0.349. The van der Waals surface area contributed by atoms with Crippen LogP contribution < -0.4 is 4.90 Å². The second-order valence-electron chi connectivity index (χ2n) is 6.32. The van der Waals surface area contributed by atoms with Crippen molar-refractivity contribution in [2.24, 2.45) is 0 Å². The molecule has 1 aromatic rings. The average molecular weight is 376 g/mol. The lowest BCUT2D eigenvalue weighted by atomic mass is 10.3. The van der Waals surface area contributed by atoms with Crippen LogP contribution in [0.1, 0.15) is 13.3 Å². The third kappa shape index (κ3) is 4.40. The topological polar surface area (TPSA) is 99.2 Å². The van der Waals surface area contributed by atoms with Crippen LogP contribution in [0.5, 0.6) is 0 Å². The van der Waals surface area contributed by atoms with Crippen molar-refractivity contribution in [1.82, 2.24) is 24.7 Å². The zero-order valence-electron chi connectivity index (χ0n) is 15.4. The molecule has 0 aliphatic carbocycles. The number of carbonyl (C=O) groups is 3. The number of imide groups is 2. The third-order valence-corrected chi connectivity index (χ3v) is 4.56. The fourth-order valence-electron chi connectivity index (χ4n) is 3.09. The number of hydrogen-bond acceptors (Lipinski definition) is 8. The Bertz CT molecular complexity index is 677. The van der Waals surface area contributed by atoms with Crippen LogP contribution in [0.4, 0.5) is 10.7 Å². The van der Waals surface area contributed by atoms with E-state index in [1.807, 2.05) is 11.8 Å². The zero-order chi connectivity index (χ0) is 19.2. The summed E-state index contributed by atoms with van der Waals surface area (Å²) in [5, 5.41) is 0. The summed E-state index contributed by atoms with van der Waals surface area (Å²) >= 11 is 0. The van der Waals surface area contributed by atoms with Crippen LogP contribution in [0.2, 0.25) is 0 Å². The Balaban J connectivity index is 1.51. The van der Waals surface area contributed by atoms with Gasteiger partial charge < -0.3 is 9.64 Å². The fraction of sp³-hybridized carbons (Fsp3) is 0.588. The molecule has 10 nitrogen and oxygen atoms in total. The molecule has 0 spiro atoms. The second-order valence-corrected chi connectivity index (χ2v) is 6.32. The van der Waals surface area contributed by atoms with Crippen LogP contribution in [0.15, 0.2) is 18.5 Å². The number of hydrogen-bond donors (Lipinski definition) is 0. The van der Waals surface area contributed by atoms with Gasteiger partial charge in [0.25, 0.3) is 0 Å². The van der Waals surface area contributed by atoms with E-state index in [1.54, 1.807) is 18.5 Å². The summed E-state index contributed by atoms with van der Waals surface area (Å²) in [5.74, 6) is -0.848. The highest BCUT2D eigenvalue weighted by Gasteiger charge is 2.44. The summed E-state index contributed by atoms with van der Waals surface area (Å²) < 4.78 is 5.21. The van der Waals surface area contributed by atoms with Gasteiger partial charge in [0, 0.05) is 58.3 Å². The summed E-state index contributed by atoms with van der Waals surface area (Å²) in [6.07, 6.45) is 3.91. The average Bonchev–Trinajstić information content (AvgIpc) is 2.90. The number of amides is 4. The van der Waals surface area contributed by atoms with E-state index < -0.39 is 17.8 Å². The number of piperazine rings is 1. The lowest BCUT2D eigenvalue weighted by molar-refractivity contribution is -0.144. The molecule has 146 valence electrons. The minimum Gasteiger partial charge on any atom is -0.382 e. The molecular formula is C17H24N6O4. The number of urea groups is 1. The van der Waals surface area contributed by atoms with Crippen molar-refractivity contribution in [3.63, 3.8) is 0 Å². The first kappa shape index (κ1) is 19.2. The van der Waals surface area contributed by atoms with Gasteiger partial charge in [-0.3, -0.25) is 19.4 Å². The number of ether oxygens (including phenoxy) is 1. The summed E-state index contributed by atoms with van der Waals surface area (Å²) in [4.78, 5) is 51.3. The van der Waals surface area contributed by atoms with E-state index in [0.29, 0.717) is 51.8 Å². The third-order valence-electron chi connectivity index (χ3n) is 4.56. The molecule has 2 aliphatic rings. The normalized spacial score (nSPS) is 18.7. The van der Waals surface area contributed by atoms with Crippen molar-refractivity contribution in [3.05, 3.63) is 18.5 Å². The van der Waals surface area contributed by atoms with Crippen LogP contribution in [0.3, 0.4) is 0 Å². The lowest BCUT2D eigenvalue weighted by Gasteiger charge is -2.35. The van der Waals surface area contributed by atoms with Crippen LogP contribution >= 0.6 is 0 Å². The Labute approximate surface area is 157 Å². The van der Waals surface area contributed by atoms with Crippen molar-refractivity contribution in [3.8, 4) is 0 Å². The molecule has 0 radical (unpaired) electrons. The van der Waals surface area contributed by atoms with Gasteiger partial charge >= 0.3 is 17.8 Å². The maximum absolute atomic E-state index is 12.5. The molecule has 2 saturated heterocycles. The molecule has 0 N–H and O–H groups in total. The predicted molar refractivity (Wildman–Crippen MR) is 95.8 cm³/mol.